The second-order valence-corrected chi connectivity index (χ2v) is 3.78. The Morgan fingerprint density at radius 3 is 2.80 bits per heavy atom. The third-order valence-electron chi connectivity index (χ3n) is 2.90. The van der Waals surface area contributed by atoms with Gasteiger partial charge in [0.25, 0.3) is 0 Å². The fourth-order valence-electron chi connectivity index (χ4n) is 2.11. The fraction of sp³-hybridized carbons (Fsp3) is 0.182. The van der Waals surface area contributed by atoms with E-state index in [4.69, 9.17) is 5.84 Å². The highest BCUT2D eigenvalue weighted by atomic mass is 15.4. The van der Waals surface area contributed by atoms with Gasteiger partial charge in [-0.2, -0.15) is 0 Å². The summed E-state index contributed by atoms with van der Waals surface area (Å²) < 4.78 is 3.71. The highest BCUT2D eigenvalue weighted by molar-refractivity contribution is 6.04. The van der Waals surface area contributed by atoms with Crippen LogP contribution in [0.15, 0.2) is 24.3 Å². The van der Waals surface area contributed by atoms with Crippen LogP contribution < -0.4 is 5.84 Å². The van der Waals surface area contributed by atoms with Crippen molar-refractivity contribution in [2.75, 3.05) is 5.84 Å². The Morgan fingerprint density at radius 1 is 1.27 bits per heavy atom. The number of fused-ring (bicyclic) bond motifs is 3. The molecule has 3 aromatic rings. The number of para-hydroxylation sites is 1. The number of imidazole rings is 1. The van der Waals surface area contributed by atoms with E-state index in [9.17, 15) is 0 Å². The number of aromatic nitrogens is 3. The summed E-state index contributed by atoms with van der Waals surface area (Å²) in [5, 5.41) is 1.15. The third-order valence-corrected chi connectivity index (χ3v) is 2.90. The van der Waals surface area contributed by atoms with Crippen LogP contribution in [0.25, 0.3) is 22.1 Å². The molecule has 0 saturated carbocycles. The summed E-state index contributed by atoms with van der Waals surface area (Å²) in [6.45, 7) is 1.91. The first-order valence-electron chi connectivity index (χ1n) is 4.87. The molecule has 2 aromatic heterocycles. The van der Waals surface area contributed by atoms with E-state index in [0.717, 1.165) is 27.9 Å². The molecule has 3 rings (SSSR count). The van der Waals surface area contributed by atoms with Gasteiger partial charge >= 0.3 is 0 Å². The van der Waals surface area contributed by atoms with Crippen LogP contribution in [0, 0.1) is 6.92 Å². The zero-order valence-corrected chi connectivity index (χ0v) is 8.73. The third kappa shape index (κ3) is 0.883. The zero-order valence-electron chi connectivity index (χ0n) is 8.73. The number of aryl methyl sites for hydroxylation is 2. The number of nitrogens with two attached hydrogens (primary N) is 1. The normalized spacial score (nSPS) is 11.6. The highest BCUT2D eigenvalue weighted by Gasteiger charge is 2.14. The Morgan fingerprint density at radius 2 is 2.00 bits per heavy atom. The molecule has 2 N–H and O–H groups in total. The van der Waals surface area contributed by atoms with Gasteiger partial charge < -0.3 is 10.4 Å². The predicted octanol–water partition coefficient (Wildman–Crippen LogP) is 1.55. The average molecular weight is 200 g/mol. The Labute approximate surface area is 86.9 Å². The van der Waals surface area contributed by atoms with Crippen molar-refractivity contribution in [3.8, 4) is 0 Å². The maximum Gasteiger partial charge on any atom is 0.160 e. The van der Waals surface area contributed by atoms with E-state index >= 15 is 0 Å². The van der Waals surface area contributed by atoms with Crippen molar-refractivity contribution in [3.05, 3.63) is 30.1 Å². The molecule has 4 nitrogen and oxygen atoms in total. The molecule has 4 heteroatoms. The van der Waals surface area contributed by atoms with Crippen molar-refractivity contribution in [2.45, 2.75) is 6.92 Å². The number of hydrogen-bond acceptors (Lipinski definition) is 2. The maximum atomic E-state index is 5.94. The van der Waals surface area contributed by atoms with Gasteiger partial charge in [0.1, 0.15) is 11.3 Å². The molecule has 1 aromatic carbocycles. The van der Waals surface area contributed by atoms with E-state index in [1.54, 1.807) is 4.68 Å². The molecule has 76 valence electrons. The van der Waals surface area contributed by atoms with E-state index < -0.39 is 0 Å². The minimum Gasteiger partial charge on any atom is -0.336 e. The van der Waals surface area contributed by atoms with Crippen molar-refractivity contribution < 1.29 is 0 Å². The first-order valence-corrected chi connectivity index (χ1v) is 4.87. The summed E-state index contributed by atoms with van der Waals surface area (Å²) in [4.78, 5) is 4.48. The van der Waals surface area contributed by atoms with Crippen molar-refractivity contribution in [1.29, 1.82) is 0 Å². The summed E-state index contributed by atoms with van der Waals surface area (Å²) in [6.07, 6.45) is 0. The Kier molecular flexibility index (Phi) is 1.41. The van der Waals surface area contributed by atoms with Crippen molar-refractivity contribution in [3.63, 3.8) is 0 Å². The largest absolute Gasteiger partial charge is 0.336 e. The summed E-state index contributed by atoms with van der Waals surface area (Å²) in [7, 11) is 2.01. The van der Waals surface area contributed by atoms with Gasteiger partial charge in [0.2, 0.25) is 0 Å². The first kappa shape index (κ1) is 8.35. The Balaban J connectivity index is 2.67. The van der Waals surface area contributed by atoms with Crippen molar-refractivity contribution >= 4 is 22.1 Å². The number of nitrogens with zero attached hydrogens (tertiary/aromatic N) is 3. The van der Waals surface area contributed by atoms with Gasteiger partial charge in [-0.15, -0.1) is 0 Å². The molecule has 0 atom stereocenters. The molecule has 0 saturated heterocycles. The Hall–Kier alpha value is -1.97. The molecule has 0 radical (unpaired) electrons. The van der Waals surface area contributed by atoms with Crippen LogP contribution in [0.1, 0.15) is 5.82 Å². The number of rotatable bonds is 0. The van der Waals surface area contributed by atoms with Gasteiger partial charge in [-0.3, -0.25) is 0 Å². The number of benzene rings is 1. The maximum absolute atomic E-state index is 5.94. The molecule has 15 heavy (non-hydrogen) atoms. The number of hydrogen-bond donors (Lipinski definition) is 1. The lowest BCUT2D eigenvalue weighted by Gasteiger charge is -2.00. The molecule has 0 bridgehead atoms. The van der Waals surface area contributed by atoms with E-state index in [2.05, 4.69) is 21.7 Å². The van der Waals surface area contributed by atoms with Crippen LogP contribution in [-0.4, -0.2) is 14.2 Å². The van der Waals surface area contributed by atoms with Crippen LogP contribution in [-0.2, 0) is 7.05 Å². The molecule has 0 aliphatic carbocycles. The lowest BCUT2D eigenvalue weighted by Crippen LogP contribution is -2.12. The monoisotopic (exact) mass is 200 g/mol. The summed E-state index contributed by atoms with van der Waals surface area (Å²) >= 11 is 0. The lowest BCUT2D eigenvalue weighted by atomic mass is 10.2. The lowest BCUT2D eigenvalue weighted by molar-refractivity contribution is 0.888. The fourth-order valence-corrected chi connectivity index (χ4v) is 2.11. The minimum absolute atomic E-state index is 0.835. The molecule has 0 aliphatic rings. The summed E-state index contributed by atoms with van der Waals surface area (Å²) in [5.41, 5.74) is 3.11. The number of nitrogen functional groups attached to an aromatic ring is 1. The predicted molar refractivity (Wildman–Crippen MR) is 61.1 cm³/mol. The topological polar surface area (TPSA) is 48.8 Å². The smallest absolute Gasteiger partial charge is 0.160 e. The van der Waals surface area contributed by atoms with E-state index in [1.165, 1.54) is 0 Å². The second-order valence-electron chi connectivity index (χ2n) is 3.78. The summed E-state index contributed by atoms with van der Waals surface area (Å²) in [5.74, 6) is 6.77. The zero-order chi connectivity index (χ0) is 10.6. The molecule has 0 amide bonds. The van der Waals surface area contributed by atoms with Gasteiger partial charge in [0, 0.05) is 12.4 Å². The first-order chi connectivity index (χ1) is 7.20. The van der Waals surface area contributed by atoms with E-state index in [0.29, 0.717) is 0 Å². The van der Waals surface area contributed by atoms with Gasteiger partial charge in [-0.1, -0.05) is 18.2 Å². The van der Waals surface area contributed by atoms with E-state index in [1.807, 2.05) is 26.1 Å². The molecule has 2 heterocycles. The molecule has 0 fully saturated rings. The highest BCUT2D eigenvalue weighted by Crippen LogP contribution is 2.26. The SMILES string of the molecule is Cc1nc2c3ccccc3n(C)c2n1N. The standard InChI is InChI=1S/C11H12N4/c1-7-13-10-8-5-3-4-6-9(8)14(2)11(10)15(7)12/h3-6H,12H2,1-2H3. The summed E-state index contributed by atoms with van der Waals surface area (Å²) in [6, 6.07) is 8.19. The minimum atomic E-state index is 0.835. The molecule has 0 spiro atoms. The van der Waals surface area contributed by atoms with Crippen LogP contribution >= 0.6 is 0 Å². The Bertz CT molecular complexity index is 660. The van der Waals surface area contributed by atoms with Crippen molar-refractivity contribution in [2.24, 2.45) is 7.05 Å². The van der Waals surface area contributed by atoms with Gasteiger partial charge in [0.05, 0.1) is 5.52 Å². The molecular formula is C11H12N4. The van der Waals surface area contributed by atoms with Gasteiger partial charge in [-0.05, 0) is 13.0 Å². The average Bonchev–Trinajstić information content (AvgIpc) is 2.68. The van der Waals surface area contributed by atoms with Gasteiger partial charge in [-0.25, -0.2) is 9.66 Å². The van der Waals surface area contributed by atoms with Crippen LogP contribution in [0.3, 0.4) is 0 Å². The van der Waals surface area contributed by atoms with Crippen LogP contribution in [0.2, 0.25) is 0 Å². The van der Waals surface area contributed by atoms with Crippen LogP contribution in [0.4, 0.5) is 0 Å². The molecular weight excluding hydrogens is 188 g/mol. The van der Waals surface area contributed by atoms with Gasteiger partial charge in [0.15, 0.2) is 5.65 Å². The molecule has 0 unspecified atom stereocenters. The van der Waals surface area contributed by atoms with Crippen molar-refractivity contribution in [1.82, 2.24) is 14.2 Å². The second kappa shape index (κ2) is 2.53. The molecule has 0 aliphatic heterocycles. The van der Waals surface area contributed by atoms with E-state index in [-0.39, 0.29) is 0 Å². The quantitative estimate of drug-likeness (QED) is 0.560. The van der Waals surface area contributed by atoms with Crippen LogP contribution in [0.5, 0.6) is 0 Å².